The number of rotatable bonds is 88. The van der Waals surface area contributed by atoms with Gasteiger partial charge in [-0.3, -0.25) is 37.3 Å². The number of esters is 4. The maximum Gasteiger partial charge on any atom is 0.472 e. The molecule has 0 aliphatic carbocycles. The van der Waals surface area contributed by atoms with Crippen molar-refractivity contribution in [2.75, 3.05) is 39.6 Å². The second-order valence-corrected chi connectivity index (χ2v) is 35.4. The van der Waals surface area contributed by atoms with Crippen LogP contribution in [0.1, 0.15) is 478 Å². The Kier molecular flexibility index (Phi) is 78.8. The van der Waals surface area contributed by atoms with Crippen LogP contribution in [-0.4, -0.2) is 96.7 Å². The second kappa shape index (κ2) is 80.3. The quantitative estimate of drug-likeness (QED) is 0.0222. The molecule has 642 valence electrons. The number of unbranched alkanes of at least 4 members (excludes halogenated alkanes) is 56. The Balaban J connectivity index is 5.20. The number of aliphatic hydroxyl groups is 1. The number of phosphoric ester groups is 2. The second-order valence-electron chi connectivity index (χ2n) is 32.5. The topological polar surface area (TPSA) is 237 Å². The minimum Gasteiger partial charge on any atom is -0.462 e. The first-order chi connectivity index (χ1) is 52.4. The van der Waals surface area contributed by atoms with E-state index in [1.807, 2.05) is 0 Å². The number of phosphoric acid groups is 2. The van der Waals surface area contributed by atoms with Crippen LogP contribution in [-0.2, 0) is 65.4 Å². The van der Waals surface area contributed by atoms with Gasteiger partial charge in [-0.25, -0.2) is 9.13 Å². The smallest absolute Gasteiger partial charge is 0.462 e. The molecule has 7 atom stereocenters. The van der Waals surface area contributed by atoms with Gasteiger partial charge in [0.05, 0.1) is 26.4 Å². The fraction of sp³-hybridized carbons (Fsp3) is 0.955. The summed E-state index contributed by atoms with van der Waals surface area (Å²) in [5.74, 6) is -0.570. The van der Waals surface area contributed by atoms with Crippen LogP contribution in [0.25, 0.3) is 0 Å². The summed E-state index contributed by atoms with van der Waals surface area (Å²) in [6, 6.07) is 0. The fourth-order valence-electron chi connectivity index (χ4n) is 13.9. The molecule has 0 saturated heterocycles. The van der Waals surface area contributed by atoms with Gasteiger partial charge in [-0.1, -0.05) is 427 Å². The van der Waals surface area contributed by atoms with Crippen molar-refractivity contribution in [2.24, 2.45) is 11.8 Å². The van der Waals surface area contributed by atoms with Crippen molar-refractivity contribution in [2.45, 2.75) is 496 Å². The summed E-state index contributed by atoms with van der Waals surface area (Å²) in [6.07, 6.45) is 73.9. The predicted molar refractivity (Wildman–Crippen MR) is 446 cm³/mol. The minimum atomic E-state index is -4.97. The number of hydrogen-bond donors (Lipinski definition) is 3. The molecule has 0 rings (SSSR count). The van der Waals surface area contributed by atoms with E-state index < -0.39 is 97.5 Å². The molecule has 0 aliphatic rings. The van der Waals surface area contributed by atoms with Crippen LogP contribution in [0.4, 0.5) is 0 Å². The molecule has 0 bridgehead atoms. The van der Waals surface area contributed by atoms with Gasteiger partial charge in [0.15, 0.2) is 12.2 Å². The van der Waals surface area contributed by atoms with Gasteiger partial charge in [-0.05, 0) is 37.5 Å². The van der Waals surface area contributed by atoms with Gasteiger partial charge in [0.25, 0.3) is 0 Å². The zero-order valence-electron chi connectivity index (χ0n) is 71.2. The average Bonchev–Trinajstić information content (AvgIpc) is 0.905. The molecule has 0 heterocycles. The van der Waals surface area contributed by atoms with Crippen molar-refractivity contribution < 1.29 is 80.2 Å². The first-order valence-corrected chi connectivity index (χ1v) is 49.1. The Morgan fingerprint density at radius 2 is 0.444 bits per heavy atom. The zero-order valence-corrected chi connectivity index (χ0v) is 73.0. The van der Waals surface area contributed by atoms with Crippen molar-refractivity contribution in [1.82, 2.24) is 0 Å². The first-order valence-electron chi connectivity index (χ1n) is 46.1. The monoisotopic (exact) mass is 1580 g/mol. The molecule has 0 aromatic rings. The Morgan fingerprint density at radius 1 is 0.259 bits per heavy atom. The highest BCUT2D eigenvalue weighted by Gasteiger charge is 2.31. The predicted octanol–water partition coefficient (Wildman–Crippen LogP) is 27.4. The SMILES string of the molecule is CCCCCCCCCCCCCCCCCCCCCCCCC(=O)OC[C@H](COP(=O)(O)OC[C@@H](O)COP(=O)(O)OC[C@@H](COC(=O)CCCCCCCCC(C)CC)OC(=O)CCCCCCCCCCCCC(C)CC)OC(=O)CCCCCCCCCCCCCCCCCCCCCCCC. The van der Waals surface area contributed by atoms with E-state index in [1.165, 1.54) is 289 Å². The number of hydrogen-bond acceptors (Lipinski definition) is 15. The van der Waals surface area contributed by atoms with Crippen molar-refractivity contribution in [3.05, 3.63) is 0 Å². The number of ether oxygens (including phenoxy) is 4. The molecule has 0 radical (unpaired) electrons. The number of carbonyl (C=O) groups excluding carboxylic acids is 4. The molecule has 0 aromatic carbocycles. The van der Waals surface area contributed by atoms with E-state index in [-0.39, 0.29) is 25.7 Å². The zero-order chi connectivity index (χ0) is 79.2. The van der Waals surface area contributed by atoms with E-state index >= 15 is 0 Å². The van der Waals surface area contributed by atoms with Gasteiger partial charge in [0.1, 0.15) is 19.3 Å². The van der Waals surface area contributed by atoms with Crippen LogP contribution in [0.5, 0.6) is 0 Å². The standard InChI is InChI=1S/C89H174O17P2/c1-7-11-13-15-17-19-21-23-25-27-29-31-33-35-37-39-41-43-48-52-59-65-71-86(91)99-77-84(105-88(93)73-67-61-53-49-44-42-40-38-36-34-32-30-28-26-24-22-20-18-16-14-12-8-2)79-103-107(95,96)101-75-83(90)76-102-108(97,98)104-80-85(78-100-87(92)72-66-60-56-55-58-64-70-82(6)10-4)106-89(94)74-68-62-54-50-46-45-47-51-57-63-69-81(5)9-3/h81-85,90H,7-80H2,1-6H3,(H,95,96)(H,97,98)/t81?,82?,83-,84-,85-/m1/s1. The molecule has 0 spiro atoms. The maximum atomic E-state index is 13.2. The van der Waals surface area contributed by atoms with Crippen LogP contribution < -0.4 is 0 Å². The fourth-order valence-corrected chi connectivity index (χ4v) is 15.5. The molecule has 3 N–H and O–H groups in total. The highest BCUT2D eigenvalue weighted by Crippen LogP contribution is 2.45. The van der Waals surface area contributed by atoms with E-state index in [2.05, 4.69) is 41.5 Å². The lowest BCUT2D eigenvalue weighted by Crippen LogP contribution is -2.30. The van der Waals surface area contributed by atoms with Gasteiger partial charge < -0.3 is 33.8 Å². The highest BCUT2D eigenvalue weighted by atomic mass is 31.2. The normalized spacial score (nSPS) is 14.3. The van der Waals surface area contributed by atoms with Gasteiger partial charge in [0, 0.05) is 25.7 Å². The Bertz CT molecular complexity index is 2070. The van der Waals surface area contributed by atoms with Crippen molar-refractivity contribution in [1.29, 1.82) is 0 Å². The van der Waals surface area contributed by atoms with Crippen LogP contribution in [0.15, 0.2) is 0 Å². The molecular weight excluding hydrogens is 1400 g/mol. The summed E-state index contributed by atoms with van der Waals surface area (Å²) < 4.78 is 68.9. The van der Waals surface area contributed by atoms with Crippen LogP contribution >= 0.6 is 15.6 Å². The average molecular weight is 1580 g/mol. The molecule has 19 heteroatoms. The lowest BCUT2D eigenvalue weighted by atomic mass is 9.99. The van der Waals surface area contributed by atoms with Gasteiger partial charge >= 0.3 is 39.5 Å². The van der Waals surface area contributed by atoms with Crippen LogP contribution in [0, 0.1) is 11.8 Å². The Labute approximate surface area is 664 Å². The van der Waals surface area contributed by atoms with E-state index in [9.17, 15) is 43.2 Å². The van der Waals surface area contributed by atoms with E-state index in [0.717, 1.165) is 108 Å². The number of aliphatic hydroxyl groups excluding tert-OH is 1. The molecule has 4 unspecified atom stereocenters. The van der Waals surface area contributed by atoms with Crippen LogP contribution in [0.2, 0.25) is 0 Å². The molecule has 0 fully saturated rings. The summed E-state index contributed by atoms with van der Waals surface area (Å²) in [4.78, 5) is 73.3. The van der Waals surface area contributed by atoms with E-state index in [1.54, 1.807) is 0 Å². The van der Waals surface area contributed by atoms with Crippen molar-refractivity contribution in [3.8, 4) is 0 Å². The molecule has 0 aliphatic heterocycles. The molecule has 17 nitrogen and oxygen atoms in total. The van der Waals surface area contributed by atoms with Gasteiger partial charge in [0.2, 0.25) is 0 Å². The largest absolute Gasteiger partial charge is 0.472 e. The third-order valence-corrected chi connectivity index (χ3v) is 23.6. The van der Waals surface area contributed by atoms with E-state index in [0.29, 0.717) is 25.7 Å². The van der Waals surface area contributed by atoms with E-state index in [4.69, 9.17) is 37.0 Å². The Morgan fingerprint density at radius 3 is 0.657 bits per heavy atom. The summed E-state index contributed by atoms with van der Waals surface area (Å²) in [5.41, 5.74) is 0. The third-order valence-electron chi connectivity index (χ3n) is 21.7. The molecule has 0 amide bonds. The van der Waals surface area contributed by atoms with Gasteiger partial charge in [-0.15, -0.1) is 0 Å². The van der Waals surface area contributed by atoms with Gasteiger partial charge in [-0.2, -0.15) is 0 Å². The van der Waals surface area contributed by atoms with Crippen molar-refractivity contribution in [3.63, 3.8) is 0 Å². The number of carbonyl (C=O) groups is 4. The first kappa shape index (κ1) is 106. The lowest BCUT2D eigenvalue weighted by Gasteiger charge is -2.21. The maximum absolute atomic E-state index is 13.2. The third kappa shape index (κ3) is 79.3. The van der Waals surface area contributed by atoms with Crippen molar-refractivity contribution >= 4 is 39.5 Å². The van der Waals surface area contributed by atoms with Crippen LogP contribution in [0.3, 0.4) is 0 Å². The summed E-state index contributed by atoms with van der Waals surface area (Å²) >= 11 is 0. The molecule has 108 heavy (non-hydrogen) atoms. The molecular formula is C89H174O17P2. The molecule has 0 saturated carbocycles. The lowest BCUT2D eigenvalue weighted by molar-refractivity contribution is -0.161. The molecule has 0 aromatic heterocycles. The Hall–Kier alpha value is -1.94. The summed E-state index contributed by atoms with van der Waals surface area (Å²) in [5, 5.41) is 10.7. The highest BCUT2D eigenvalue weighted by molar-refractivity contribution is 7.47. The summed E-state index contributed by atoms with van der Waals surface area (Å²) in [6.45, 7) is 9.66. The minimum absolute atomic E-state index is 0.106. The summed E-state index contributed by atoms with van der Waals surface area (Å²) in [7, 11) is -9.93.